The molecule has 2 heterocycles. The van der Waals surface area contributed by atoms with Gasteiger partial charge in [-0.15, -0.1) is 0 Å². The number of nitrogens with one attached hydrogen (secondary N) is 2. The highest BCUT2D eigenvalue weighted by Crippen LogP contribution is 2.32. The summed E-state index contributed by atoms with van der Waals surface area (Å²) in [6.07, 6.45) is -1.17. The molecule has 46 heavy (non-hydrogen) atoms. The van der Waals surface area contributed by atoms with Crippen molar-refractivity contribution in [3.8, 4) is 11.3 Å². The van der Waals surface area contributed by atoms with Gasteiger partial charge in [-0.2, -0.15) is 13.2 Å². The lowest BCUT2D eigenvalue weighted by molar-refractivity contribution is -0.137. The molecule has 232 valence electrons. The number of anilines is 1. The first kappa shape index (κ1) is 30.4. The summed E-state index contributed by atoms with van der Waals surface area (Å²) in [5.74, 6) is -0.831. The Labute approximate surface area is 262 Å². The summed E-state index contributed by atoms with van der Waals surface area (Å²) in [5.41, 5.74) is 1.53. The van der Waals surface area contributed by atoms with E-state index in [0.717, 1.165) is 25.0 Å². The molecule has 1 unspecified atom stereocenters. The van der Waals surface area contributed by atoms with Gasteiger partial charge in [0.05, 0.1) is 22.3 Å². The van der Waals surface area contributed by atoms with Crippen LogP contribution in [0.2, 0.25) is 0 Å². The highest BCUT2D eigenvalue weighted by molar-refractivity contribution is 6.09. The van der Waals surface area contributed by atoms with Crippen LogP contribution in [0.1, 0.15) is 50.7 Å². The van der Waals surface area contributed by atoms with Crippen LogP contribution >= 0.6 is 0 Å². The van der Waals surface area contributed by atoms with E-state index in [0.29, 0.717) is 33.4 Å². The van der Waals surface area contributed by atoms with Crippen molar-refractivity contribution in [3.63, 3.8) is 0 Å². The van der Waals surface area contributed by atoms with Crippen LogP contribution in [0.25, 0.3) is 22.2 Å². The molecule has 1 atom stereocenters. The predicted molar refractivity (Wildman–Crippen MR) is 167 cm³/mol. The van der Waals surface area contributed by atoms with Gasteiger partial charge in [0, 0.05) is 35.8 Å². The molecule has 1 saturated carbocycles. The fraction of sp³-hybridized carbons (Fsp3) is 0.171. The Kier molecular flexibility index (Phi) is 8.23. The lowest BCUT2D eigenvalue weighted by atomic mass is 10.0. The fourth-order valence-electron chi connectivity index (χ4n) is 5.02. The number of nitrogens with zero attached hydrogens (tertiary/aromatic N) is 3. The molecular weight excluding hydrogens is 595 g/mol. The van der Waals surface area contributed by atoms with Crippen LogP contribution in [0.5, 0.6) is 0 Å². The van der Waals surface area contributed by atoms with Crippen LogP contribution in [-0.2, 0) is 11.0 Å². The molecule has 1 aliphatic rings. The number of hydrogen-bond donors (Lipinski definition) is 2. The van der Waals surface area contributed by atoms with Crippen LogP contribution in [0, 0.1) is 0 Å². The Morgan fingerprint density at radius 2 is 1.63 bits per heavy atom. The summed E-state index contributed by atoms with van der Waals surface area (Å²) >= 11 is 0. The van der Waals surface area contributed by atoms with Crippen LogP contribution in [0.3, 0.4) is 0 Å². The third-order valence-corrected chi connectivity index (χ3v) is 7.70. The third kappa shape index (κ3) is 6.58. The number of pyridine rings is 2. The van der Waals surface area contributed by atoms with Gasteiger partial charge in [0.15, 0.2) is 0 Å². The van der Waals surface area contributed by atoms with Gasteiger partial charge in [-0.05, 0) is 73.0 Å². The summed E-state index contributed by atoms with van der Waals surface area (Å²) < 4.78 is 39.2. The molecule has 2 aromatic heterocycles. The van der Waals surface area contributed by atoms with E-state index in [1.54, 1.807) is 54.6 Å². The van der Waals surface area contributed by atoms with Crippen molar-refractivity contribution < 1.29 is 27.6 Å². The summed E-state index contributed by atoms with van der Waals surface area (Å²) in [4.78, 5) is 50.0. The highest BCUT2D eigenvalue weighted by Gasteiger charge is 2.31. The van der Waals surface area contributed by atoms with E-state index in [9.17, 15) is 27.6 Å². The molecule has 5 aromatic rings. The standard InChI is InChI=1S/C35H28F3N5O3/c1-43(34(46)27-8-5-19-39-30(27)22-9-13-25(14-10-22)35(36,37)38)29-18-12-23-20-24(11-17-28(23)41-29)32(44)42-31(21-6-3-2-4-7-21)33(45)40-26-15-16-26/h2-14,17-20,26,31H,15-16H2,1H3,(H,40,45)(H,42,44). The van der Waals surface area contributed by atoms with E-state index in [-0.39, 0.29) is 23.2 Å². The number of benzene rings is 3. The van der Waals surface area contributed by atoms with E-state index < -0.39 is 29.6 Å². The van der Waals surface area contributed by atoms with E-state index in [2.05, 4.69) is 20.6 Å². The monoisotopic (exact) mass is 623 g/mol. The smallest absolute Gasteiger partial charge is 0.351 e. The molecule has 6 rings (SSSR count). The zero-order valence-electron chi connectivity index (χ0n) is 24.6. The fourth-order valence-corrected chi connectivity index (χ4v) is 5.02. The quantitative estimate of drug-likeness (QED) is 0.210. The Morgan fingerprint density at radius 1 is 0.891 bits per heavy atom. The van der Waals surface area contributed by atoms with Gasteiger partial charge in [-0.1, -0.05) is 42.5 Å². The summed E-state index contributed by atoms with van der Waals surface area (Å²) in [6.45, 7) is 0. The van der Waals surface area contributed by atoms with Crippen molar-refractivity contribution in [2.24, 2.45) is 0 Å². The second-order valence-corrected chi connectivity index (χ2v) is 11.0. The summed E-state index contributed by atoms with van der Waals surface area (Å²) in [5, 5.41) is 6.45. The highest BCUT2D eigenvalue weighted by atomic mass is 19.4. The topological polar surface area (TPSA) is 104 Å². The van der Waals surface area contributed by atoms with Gasteiger partial charge in [0.1, 0.15) is 11.9 Å². The molecule has 1 fully saturated rings. The minimum atomic E-state index is -4.48. The van der Waals surface area contributed by atoms with Crippen molar-refractivity contribution in [2.45, 2.75) is 31.1 Å². The lowest BCUT2D eigenvalue weighted by Crippen LogP contribution is -2.41. The van der Waals surface area contributed by atoms with Crippen LogP contribution in [0.15, 0.2) is 103 Å². The van der Waals surface area contributed by atoms with Crippen molar-refractivity contribution in [3.05, 3.63) is 126 Å². The Morgan fingerprint density at radius 3 is 2.33 bits per heavy atom. The molecule has 0 spiro atoms. The van der Waals surface area contributed by atoms with Gasteiger partial charge in [0.2, 0.25) is 5.91 Å². The van der Waals surface area contributed by atoms with Crippen molar-refractivity contribution >= 4 is 34.4 Å². The molecule has 3 aromatic carbocycles. The first-order chi connectivity index (χ1) is 22.1. The summed E-state index contributed by atoms with van der Waals surface area (Å²) in [7, 11) is 1.54. The number of rotatable bonds is 8. The maximum Gasteiger partial charge on any atom is 0.416 e. The molecule has 2 N–H and O–H groups in total. The average molecular weight is 624 g/mol. The number of halogens is 3. The van der Waals surface area contributed by atoms with Gasteiger partial charge in [-0.25, -0.2) is 4.98 Å². The number of carbonyl (C=O) groups is 3. The second-order valence-electron chi connectivity index (χ2n) is 11.0. The molecule has 8 nitrogen and oxygen atoms in total. The van der Waals surface area contributed by atoms with E-state index >= 15 is 0 Å². The predicted octanol–water partition coefficient (Wildman–Crippen LogP) is 6.34. The number of alkyl halides is 3. The van der Waals surface area contributed by atoms with Crippen LogP contribution in [0.4, 0.5) is 19.0 Å². The number of fused-ring (bicyclic) bond motifs is 1. The van der Waals surface area contributed by atoms with Gasteiger partial charge in [-0.3, -0.25) is 24.3 Å². The Bertz CT molecular complexity index is 1930. The molecule has 1 aliphatic carbocycles. The third-order valence-electron chi connectivity index (χ3n) is 7.70. The molecule has 11 heteroatoms. The first-order valence-electron chi connectivity index (χ1n) is 14.6. The van der Waals surface area contributed by atoms with Gasteiger partial charge < -0.3 is 10.6 Å². The molecule has 0 radical (unpaired) electrons. The van der Waals surface area contributed by atoms with E-state index in [1.165, 1.54) is 30.3 Å². The number of hydrogen-bond acceptors (Lipinski definition) is 5. The molecular formula is C35H28F3N5O3. The zero-order chi connectivity index (χ0) is 32.4. The second kappa shape index (κ2) is 12.4. The minimum absolute atomic E-state index is 0.135. The maximum atomic E-state index is 13.6. The van der Waals surface area contributed by atoms with Crippen LogP contribution in [-0.4, -0.2) is 40.8 Å². The van der Waals surface area contributed by atoms with Crippen molar-refractivity contribution in [1.29, 1.82) is 0 Å². The van der Waals surface area contributed by atoms with Crippen molar-refractivity contribution in [1.82, 2.24) is 20.6 Å². The molecule has 3 amide bonds. The first-order valence-corrected chi connectivity index (χ1v) is 14.6. The Balaban J connectivity index is 1.21. The number of carbonyl (C=O) groups excluding carboxylic acids is 3. The van der Waals surface area contributed by atoms with Crippen molar-refractivity contribution in [2.75, 3.05) is 11.9 Å². The number of aromatic nitrogens is 2. The normalized spacial score (nSPS) is 13.6. The average Bonchev–Trinajstić information content (AvgIpc) is 3.90. The minimum Gasteiger partial charge on any atom is -0.351 e. The van der Waals surface area contributed by atoms with E-state index in [1.807, 2.05) is 18.2 Å². The Hall–Kier alpha value is -5.58. The number of amides is 3. The van der Waals surface area contributed by atoms with Crippen LogP contribution < -0.4 is 15.5 Å². The lowest BCUT2D eigenvalue weighted by Gasteiger charge is -2.19. The molecule has 0 bridgehead atoms. The van der Waals surface area contributed by atoms with Gasteiger partial charge in [0.25, 0.3) is 11.8 Å². The van der Waals surface area contributed by atoms with E-state index in [4.69, 9.17) is 0 Å². The van der Waals surface area contributed by atoms with Gasteiger partial charge >= 0.3 is 6.18 Å². The summed E-state index contributed by atoms with van der Waals surface area (Å²) in [6, 6.07) is 24.2. The largest absolute Gasteiger partial charge is 0.416 e. The maximum absolute atomic E-state index is 13.6. The zero-order valence-corrected chi connectivity index (χ0v) is 24.6. The molecule has 0 aliphatic heterocycles. The SMILES string of the molecule is CN(C(=O)c1cccnc1-c1ccc(C(F)(F)F)cc1)c1ccc2cc(C(=O)NC(C(=O)NC3CC3)c3ccccc3)ccc2n1. The molecule has 0 saturated heterocycles.